The first-order valence-electron chi connectivity index (χ1n) is 15.3. The smallest absolute Gasteiger partial charge is 0.199 e. The Labute approximate surface area is 267 Å². The molecule has 0 saturated carbocycles. The Morgan fingerprint density at radius 3 is 2.00 bits per heavy atom. The van der Waals surface area contributed by atoms with Crippen molar-refractivity contribution in [3.05, 3.63) is 187 Å². The minimum absolute atomic E-state index is 0.483. The molecular weight excluding hydrogens is 562 g/mol. The van der Waals surface area contributed by atoms with Gasteiger partial charge in [-0.25, -0.2) is 15.0 Å². The van der Waals surface area contributed by atoms with Crippen molar-refractivity contribution in [2.45, 2.75) is 5.41 Å². The molecule has 0 spiro atoms. The molecule has 8 rings (SSSR count). The number of furan rings is 1. The van der Waals surface area contributed by atoms with Crippen LogP contribution in [0.2, 0.25) is 0 Å². The SMILES string of the molecule is C=C/C=C(\C=C)C1(c2ccccc2)c2ccccc2-c2ccc(-c3nc(-c4ccccc4)nc(-c4cc5ccccc5o4)n3)cc21. The highest BCUT2D eigenvalue weighted by atomic mass is 16.3. The number of rotatable bonds is 7. The lowest BCUT2D eigenvalue weighted by Crippen LogP contribution is -2.29. The van der Waals surface area contributed by atoms with Crippen LogP contribution in [0.1, 0.15) is 16.7 Å². The summed E-state index contributed by atoms with van der Waals surface area (Å²) in [4.78, 5) is 15.0. The molecule has 0 fully saturated rings. The monoisotopic (exact) mass is 591 g/mol. The van der Waals surface area contributed by atoms with E-state index >= 15 is 0 Å². The molecule has 1 unspecified atom stereocenters. The molecule has 2 aromatic heterocycles. The highest BCUT2D eigenvalue weighted by molar-refractivity contribution is 5.88. The molecule has 1 atom stereocenters. The number of benzene rings is 5. The Balaban J connectivity index is 1.40. The molecule has 1 aliphatic carbocycles. The summed E-state index contributed by atoms with van der Waals surface area (Å²) >= 11 is 0. The van der Waals surface area contributed by atoms with Gasteiger partial charge in [-0.05, 0) is 51.6 Å². The summed E-state index contributed by atoms with van der Waals surface area (Å²) < 4.78 is 6.24. The third-order valence-corrected chi connectivity index (χ3v) is 8.77. The van der Waals surface area contributed by atoms with E-state index in [1.807, 2.05) is 72.8 Å². The number of hydrogen-bond acceptors (Lipinski definition) is 4. The summed E-state index contributed by atoms with van der Waals surface area (Å²) in [6, 6.07) is 45.7. The normalized spacial score (nSPS) is 15.3. The first-order chi connectivity index (χ1) is 22.7. The van der Waals surface area contributed by atoms with Crippen LogP contribution in [0.5, 0.6) is 0 Å². The molecule has 7 aromatic rings. The van der Waals surface area contributed by atoms with Crippen LogP contribution in [0.3, 0.4) is 0 Å². The maximum Gasteiger partial charge on any atom is 0.199 e. The summed E-state index contributed by atoms with van der Waals surface area (Å²) in [6.45, 7) is 8.32. The summed E-state index contributed by atoms with van der Waals surface area (Å²) in [7, 11) is 0. The number of aromatic nitrogens is 3. The van der Waals surface area contributed by atoms with E-state index in [-0.39, 0.29) is 0 Å². The van der Waals surface area contributed by atoms with E-state index in [9.17, 15) is 0 Å². The molecule has 1 aliphatic rings. The highest BCUT2D eigenvalue weighted by Crippen LogP contribution is 2.57. The minimum Gasteiger partial charge on any atom is -0.453 e. The van der Waals surface area contributed by atoms with E-state index in [1.54, 1.807) is 0 Å². The number of allylic oxidation sites excluding steroid dienone is 4. The van der Waals surface area contributed by atoms with E-state index in [0.29, 0.717) is 23.2 Å². The van der Waals surface area contributed by atoms with Gasteiger partial charge in [-0.2, -0.15) is 0 Å². The fraction of sp³-hybridized carbons (Fsp3) is 0.0238. The Hall–Kier alpha value is -6.13. The highest BCUT2D eigenvalue weighted by Gasteiger charge is 2.46. The van der Waals surface area contributed by atoms with Gasteiger partial charge in [-0.1, -0.05) is 147 Å². The molecular formula is C42H29N3O. The van der Waals surface area contributed by atoms with Crippen molar-refractivity contribution < 1.29 is 4.42 Å². The quantitative estimate of drug-likeness (QED) is 0.173. The molecule has 2 heterocycles. The second kappa shape index (κ2) is 11.1. The first-order valence-corrected chi connectivity index (χ1v) is 15.3. The van der Waals surface area contributed by atoms with Crippen molar-refractivity contribution in [1.29, 1.82) is 0 Å². The van der Waals surface area contributed by atoms with E-state index in [4.69, 9.17) is 19.4 Å². The van der Waals surface area contributed by atoms with Crippen molar-refractivity contribution in [2.24, 2.45) is 0 Å². The van der Waals surface area contributed by atoms with E-state index in [1.165, 1.54) is 11.1 Å². The second-order valence-electron chi connectivity index (χ2n) is 11.3. The van der Waals surface area contributed by atoms with Gasteiger partial charge in [-0.3, -0.25) is 0 Å². The van der Waals surface area contributed by atoms with Gasteiger partial charge >= 0.3 is 0 Å². The van der Waals surface area contributed by atoms with E-state index < -0.39 is 5.41 Å². The topological polar surface area (TPSA) is 51.8 Å². The Morgan fingerprint density at radius 2 is 1.24 bits per heavy atom. The van der Waals surface area contributed by atoms with Gasteiger partial charge < -0.3 is 4.42 Å². The average Bonchev–Trinajstić information content (AvgIpc) is 3.69. The maximum atomic E-state index is 6.24. The summed E-state index contributed by atoms with van der Waals surface area (Å²) in [5.74, 6) is 2.23. The molecule has 0 aliphatic heterocycles. The zero-order valence-corrected chi connectivity index (χ0v) is 25.1. The van der Waals surface area contributed by atoms with Crippen LogP contribution >= 0.6 is 0 Å². The Bertz CT molecular complexity index is 2270. The summed E-state index contributed by atoms with van der Waals surface area (Å²) in [5, 5.41) is 0.995. The van der Waals surface area contributed by atoms with Gasteiger partial charge in [0, 0.05) is 16.5 Å². The molecule has 5 aromatic carbocycles. The predicted molar refractivity (Wildman–Crippen MR) is 186 cm³/mol. The van der Waals surface area contributed by atoms with Crippen LogP contribution in [0.25, 0.3) is 56.5 Å². The Morgan fingerprint density at radius 1 is 0.587 bits per heavy atom. The molecule has 0 N–H and O–H groups in total. The average molecular weight is 592 g/mol. The standard InChI is InChI=1S/C42H29N3O/c1-3-15-31(4-2)42(32-19-9-6-10-20-32)35-22-13-12-21-33(35)34-25-24-30(26-36(34)42)40-43-39(28-16-7-5-8-17-28)44-41(45-40)38-27-29-18-11-14-23-37(29)46-38/h3-27H,1-2H2/b31-15+. The van der Waals surface area contributed by atoms with Crippen molar-refractivity contribution in [1.82, 2.24) is 15.0 Å². The molecule has 0 saturated heterocycles. The fourth-order valence-corrected chi connectivity index (χ4v) is 6.79. The summed E-state index contributed by atoms with van der Waals surface area (Å²) in [5.41, 5.74) is 8.83. The van der Waals surface area contributed by atoms with Crippen molar-refractivity contribution in [2.75, 3.05) is 0 Å². The van der Waals surface area contributed by atoms with Crippen LogP contribution in [0, 0.1) is 0 Å². The first kappa shape index (κ1) is 27.4. The largest absolute Gasteiger partial charge is 0.453 e. The number of nitrogens with zero attached hydrogens (tertiary/aromatic N) is 3. The van der Waals surface area contributed by atoms with Crippen LogP contribution in [0.4, 0.5) is 0 Å². The van der Waals surface area contributed by atoms with Gasteiger partial charge in [0.05, 0.1) is 5.41 Å². The number of hydrogen-bond donors (Lipinski definition) is 0. The molecule has 0 amide bonds. The molecule has 46 heavy (non-hydrogen) atoms. The van der Waals surface area contributed by atoms with E-state index in [0.717, 1.165) is 44.4 Å². The maximum absolute atomic E-state index is 6.24. The third kappa shape index (κ3) is 4.26. The lowest BCUT2D eigenvalue weighted by molar-refractivity contribution is 0.625. The number of fused-ring (bicyclic) bond motifs is 4. The molecule has 0 bridgehead atoms. The third-order valence-electron chi connectivity index (χ3n) is 8.77. The fourth-order valence-electron chi connectivity index (χ4n) is 6.79. The van der Waals surface area contributed by atoms with Crippen LogP contribution in [0.15, 0.2) is 175 Å². The van der Waals surface area contributed by atoms with Gasteiger partial charge in [0.2, 0.25) is 0 Å². The predicted octanol–water partition coefficient (Wildman–Crippen LogP) is 10.2. The lowest BCUT2D eigenvalue weighted by atomic mass is 9.67. The van der Waals surface area contributed by atoms with Crippen molar-refractivity contribution >= 4 is 11.0 Å². The minimum atomic E-state index is -0.615. The zero-order valence-electron chi connectivity index (χ0n) is 25.1. The van der Waals surface area contributed by atoms with Crippen LogP contribution in [-0.4, -0.2) is 15.0 Å². The van der Waals surface area contributed by atoms with Gasteiger partial charge in [0.15, 0.2) is 23.2 Å². The Kier molecular flexibility index (Phi) is 6.62. The lowest BCUT2D eigenvalue weighted by Gasteiger charge is -2.34. The van der Waals surface area contributed by atoms with E-state index in [2.05, 4.69) is 92.0 Å². The molecule has 4 heteroatoms. The van der Waals surface area contributed by atoms with Gasteiger partial charge in [0.1, 0.15) is 5.58 Å². The zero-order chi connectivity index (χ0) is 31.1. The van der Waals surface area contributed by atoms with Crippen molar-refractivity contribution in [3.63, 3.8) is 0 Å². The molecule has 0 radical (unpaired) electrons. The summed E-state index contributed by atoms with van der Waals surface area (Å²) in [6.07, 6.45) is 5.85. The number of para-hydroxylation sites is 1. The molecule has 218 valence electrons. The van der Waals surface area contributed by atoms with Crippen molar-refractivity contribution in [3.8, 4) is 45.5 Å². The van der Waals surface area contributed by atoms with Crippen LogP contribution in [-0.2, 0) is 5.41 Å². The molecule has 4 nitrogen and oxygen atoms in total. The van der Waals surface area contributed by atoms with Gasteiger partial charge in [0.25, 0.3) is 0 Å². The van der Waals surface area contributed by atoms with Crippen LogP contribution < -0.4 is 0 Å². The second-order valence-corrected chi connectivity index (χ2v) is 11.3. The van der Waals surface area contributed by atoms with Gasteiger partial charge in [-0.15, -0.1) is 0 Å².